The van der Waals surface area contributed by atoms with Crippen LogP contribution in [-0.4, -0.2) is 48.4 Å². The highest BCUT2D eigenvalue weighted by atomic mass is 19.1. The van der Waals surface area contributed by atoms with E-state index >= 15 is 0 Å². The number of ether oxygens (including phenoxy) is 1. The van der Waals surface area contributed by atoms with Crippen LogP contribution in [0.3, 0.4) is 0 Å². The van der Waals surface area contributed by atoms with Gasteiger partial charge in [0.2, 0.25) is 11.8 Å². The van der Waals surface area contributed by atoms with Crippen molar-refractivity contribution in [3.8, 4) is 5.75 Å². The predicted molar refractivity (Wildman–Crippen MR) is 91.8 cm³/mol. The summed E-state index contributed by atoms with van der Waals surface area (Å²) in [5.41, 5.74) is 0. The largest absolute Gasteiger partial charge is 0.492 e. The third-order valence-electron chi connectivity index (χ3n) is 4.38. The minimum absolute atomic E-state index is 0.0456. The summed E-state index contributed by atoms with van der Waals surface area (Å²) in [7, 11) is 1.69. The fourth-order valence-corrected chi connectivity index (χ4v) is 2.93. The van der Waals surface area contributed by atoms with Gasteiger partial charge in [-0.2, -0.15) is 0 Å². The molecule has 1 aliphatic rings. The Morgan fingerprint density at radius 3 is 2.81 bits per heavy atom. The number of hydrogen-bond donors (Lipinski definition) is 0. The zero-order valence-corrected chi connectivity index (χ0v) is 14.6. The number of likely N-dealkylation sites (tertiary alicyclic amines) is 1. The van der Waals surface area contributed by atoms with Gasteiger partial charge in [-0.25, -0.2) is 4.39 Å². The summed E-state index contributed by atoms with van der Waals surface area (Å²) in [6.45, 7) is 1.46. The number of nitrogens with zero attached hydrogens (tertiary/aromatic N) is 2. The van der Waals surface area contributed by atoms with Crippen LogP contribution in [-0.2, 0) is 16.1 Å². The highest BCUT2D eigenvalue weighted by Gasteiger charge is 2.35. The first-order valence-electron chi connectivity index (χ1n) is 8.46. The van der Waals surface area contributed by atoms with Crippen LogP contribution in [0.25, 0.3) is 0 Å². The molecule has 1 aromatic carbocycles. The Balaban J connectivity index is 1.46. The zero-order chi connectivity index (χ0) is 18.5. The lowest BCUT2D eigenvalue weighted by Gasteiger charge is -2.21. The second-order valence-electron chi connectivity index (χ2n) is 6.32. The van der Waals surface area contributed by atoms with Crippen LogP contribution < -0.4 is 4.74 Å². The van der Waals surface area contributed by atoms with E-state index in [1.165, 1.54) is 12.1 Å². The Bertz CT molecular complexity index is 745. The van der Waals surface area contributed by atoms with Crippen molar-refractivity contribution in [3.05, 3.63) is 54.2 Å². The van der Waals surface area contributed by atoms with Crippen molar-refractivity contribution < 1.29 is 23.1 Å². The van der Waals surface area contributed by atoms with Crippen LogP contribution in [0.4, 0.5) is 4.39 Å². The lowest BCUT2D eigenvalue weighted by atomic mass is 10.1. The molecule has 3 rings (SSSR count). The molecule has 2 aromatic rings. The monoisotopic (exact) mass is 360 g/mol. The van der Waals surface area contributed by atoms with Crippen molar-refractivity contribution in [1.29, 1.82) is 0 Å². The average molecular weight is 360 g/mol. The van der Waals surface area contributed by atoms with Crippen molar-refractivity contribution in [2.75, 3.05) is 26.7 Å². The number of hydrogen-bond acceptors (Lipinski definition) is 4. The smallest absolute Gasteiger partial charge is 0.227 e. The van der Waals surface area contributed by atoms with E-state index < -0.39 is 0 Å². The van der Waals surface area contributed by atoms with E-state index in [1.54, 1.807) is 47.4 Å². The maximum Gasteiger partial charge on any atom is 0.227 e. The Kier molecular flexibility index (Phi) is 5.55. The Hall–Kier alpha value is -2.83. The van der Waals surface area contributed by atoms with Gasteiger partial charge in [0.25, 0.3) is 0 Å². The van der Waals surface area contributed by atoms with Gasteiger partial charge in [-0.15, -0.1) is 0 Å². The lowest BCUT2D eigenvalue weighted by molar-refractivity contribution is -0.134. The van der Waals surface area contributed by atoms with E-state index in [1.807, 2.05) is 0 Å². The summed E-state index contributed by atoms with van der Waals surface area (Å²) < 4.78 is 23.6. The van der Waals surface area contributed by atoms with E-state index in [0.717, 1.165) is 0 Å². The second-order valence-corrected chi connectivity index (χ2v) is 6.32. The van der Waals surface area contributed by atoms with Crippen LogP contribution in [0.2, 0.25) is 0 Å². The van der Waals surface area contributed by atoms with Gasteiger partial charge >= 0.3 is 0 Å². The minimum atomic E-state index is -0.353. The first-order chi connectivity index (χ1) is 12.5. The molecule has 1 aliphatic heterocycles. The Morgan fingerprint density at radius 1 is 1.35 bits per heavy atom. The number of carbonyl (C=O) groups is 2. The summed E-state index contributed by atoms with van der Waals surface area (Å²) in [4.78, 5) is 27.9. The number of benzene rings is 1. The van der Waals surface area contributed by atoms with E-state index in [4.69, 9.17) is 9.15 Å². The number of halogens is 1. The third kappa shape index (κ3) is 4.41. The molecule has 6 nitrogen and oxygen atoms in total. The maximum absolute atomic E-state index is 12.9. The molecule has 0 bridgehead atoms. The van der Waals surface area contributed by atoms with Crippen LogP contribution in [0.5, 0.6) is 5.75 Å². The third-order valence-corrected chi connectivity index (χ3v) is 4.38. The van der Waals surface area contributed by atoms with Gasteiger partial charge in [0, 0.05) is 20.0 Å². The molecular weight excluding hydrogens is 339 g/mol. The topological polar surface area (TPSA) is 63.0 Å². The molecule has 0 aliphatic carbocycles. The van der Waals surface area contributed by atoms with E-state index in [9.17, 15) is 14.0 Å². The van der Waals surface area contributed by atoms with Gasteiger partial charge in [-0.3, -0.25) is 9.59 Å². The molecular formula is C19H21FN2O4. The second kappa shape index (κ2) is 8.03. The molecule has 7 heteroatoms. The van der Waals surface area contributed by atoms with E-state index in [0.29, 0.717) is 37.8 Å². The Morgan fingerprint density at radius 2 is 2.12 bits per heavy atom. The van der Waals surface area contributed by atoms with Gasteiger partial charge in [-0.05, 0) is 36.4 Å². The van der Waals surface area contributed by atoms with Crippen LogP contribution in [0.1, 0.15) is 12.2 Å². The van der Waals surface area contributed by atoms with Crippen molar-refractivity contribution in [1.82, 2.24) is 9.80 Å². The number of likely N-dealkylation sites (N-methyl/N-ethyl adjacent to an activating group) is 1. The van der Waals surface area contributed by atoms with Gasteiger partial charge in [0.1, 0.15) is 23.9 Å². The average Bonchev–Trinajstić information content (AvgIpc) is 3.26. The van der Waals surface area contributed by atoms with Gasteiger partial charge in [-0.1, -0.05) is 0 Å². The number of amides is 2. The van der Waals surface area contributed by atoms with Gasteiger partial charge < -0.3 is 19.0 Å². The molecule has 0 N–H and O–H groups in total. The molecule has 1 atom stereocenters. The zero-order valence-electron chi connectivity index (χ0n) is 14.6. The number of carbonyl (C=O) groups excluding carboxylic acids is 2. The number of rotatable bonds is 7. The molecule has 0 radical (unpaired) electrons. The standard InChI is InChI=1S/C19H21FN2O4/c1-21(8-10-26-16-6-4-15(20)5-7-16)19(24)14-11-18(23)22(12-14)13-17-3-2-9-25-17/h2-7,9,14H,8,10-13H2,1H3/t14-/m0/s1. The van der Waals surface area contributed by atoms with Gasteiger partial charge in [0.15, 0.2) is 0 Å². The Labute approximate surface area is 151 Å². The van der Waals surface area contributed by atoms with Crippen molar-refractivity contribution in [2.24, 2.45) is 5.92 Å². The van der Waals surface area contributed by atoms with E-state index in [2.05, 4.69) is 0 Å². The maximum atomic E-state index is 12.9. The van der Waals surface area contributed by atoms with Crippen molar-refractivity contribution in [3.63, 3.8) is 0 Å². The predicted octanol–water partition coefficient (Wildman–Crippen LogP) is 2.30. The van der Waals surface area contributed by atoms with Crippen molar-refractivity contribution in [2.45, 2.75) is 13.0 Å². The van der Waals surface area contributed by atoms with Crippen LogP contribution >= 0.6 is 0 Å². The highest BCUT2D eigenvalue weighted by Crippen LogP contribution is 2.22. The van der Waals surface area contributed by atoms with Crippen LogP contribution in [0, 0.1) is 11.7 Å². The normalized spacial score (nSPS) is 16.8. The molecule has 1 saturated heterocycles. The SMILES string of the molecule is CN(CCOc1ccc(F)cc1)C(=O)[C@H]1CC(=O)N(Cc2ccco2)C1. The van der Waals surface area contributed by atoms with E-state index in [-0.39, 0.29) is 30.0 Å². The quantitative estimate of drug-likeness (QED) is 0.760. The summed E-state index contributed by atoms with van der Waals surface area (Å²) in [6, 6.07) is 9.30. The summed E-state index contributed by atoms with van der Waals surface area (Å²) in [6.07, 6.45) is 1.77. The first-order valence-corrected chi connectivity index (χ1v) is 8.46. The molecule has 1 aromatic heterocycles. The molecule has 0 unspecified atom stereocenters. The highest BCUT2D eigenvalue weighted by molar-refractivity contribution is 5.89. The van der Waals surface area contributed by atoms with Gasteiger partial charge in [0.05, 0.1) is 25.3 Å². The lowest BCUT2D eigenvalue weighted by Crippen LogP contribution is -2.37. The molecule has 2 heterocycles. The summed E-state index contributed by atoms with van der Waals surface area (Å²) in [5, 5.41) is 0. The fraction of sp³-hybridized carbons (Fsp3) is 0.368. The molecule has 1 fully saturated rings. The molecule has 138 valence electrons. The molecule has 0 spiro atoms. The molecule has 26 heavy (non-hydrogen) atoms. The fourth-order valence-electron chi connectivity index (χ4n) is 2.93. The summed E-state index contributed by atoms with van der Waals surface area (Å²) >= 11 is 0. The van der Waals surface area contributed by atoms with Crippen LogP contribution in [0.15, 0.2) is 47.1 Å². The number of furan rings is 1. The minimum Gasteiger partial charge on any atom is -0.492 e. The molecule has 0 saturated carbocycles. The first kappa shape index (κ1) is 18.0. The van der Waals surface area contributed by atoms with Crippen molar-refractivity contribution >= 4 is 11.8 Å². The molecule has 2 amide bonds. The summed E-state index contributed by atoms with van der Waals surface area (Å²) in [5.74, 6) is 0.446.